The predicted molar refractivity (Wildman–Crippen MR) is 63.2 cm³/mol. The molecular weight excluding hydrogens is 252 g/mol. The van der Waals surface area contributed by atoms with E-state index in [1.165, 1.54) is 6.92 Å². The second-order valence-electron chi connectivity index (χ2n) is 4.82. The summed E-state index contributed by atoms with van der Waals surface area (Å²) in [6, 6.07) is -0.556. The Kier molecular flexibility index (Phi) is 3.41. The maximum Gasteiger partial charge on any atom is 0.329 e. The monoisotopic (exact) mass is 268 g/mol. The van der Waals surface area contributed by atoms with Gasteiger partial charge in [0, 0.05) is 6.92 Å². The molecule has 1 saturated carbocycles. The average molecular weight is 268 g/mol. The standard InChI is InChI=1S/C11H16N4O4/c1-6-13-8(15-19-6)5-12-10(18)14-11(2,9(16)17)7-3-4-7/h7H,3-5H2,1-2H3,(H,16,17)(H2,12,14,18). The number of aryl methyl sites for hydroxylation is 1. The number of hydrogen-bond donors (Lipinski definition) is 3. The third kappa shape index (κ3) is 3.01. The van der Waals surface area contributed by atoms with E-state index in [2.05, 4.69) is 20.8 Å². The summed E-state index contributed by atoms with van der Waals surface area (Å²) < 4.78 is 4.76. The van der Waals surface area contributed by atoms with E-state index >= 15 is 0 Å². The fourth-order valence-electron chi connectivity index (χ4n) is 1.84. The summed E-state index contributed by atoms with van der Waals surface area (Å²) >= 11 is 0. The van der Waals surface area contributed by atoms with E-state index in [0.29, 0.717) is 11.7 Å². The third-order valence-corrected chi connectivity index (χ3v) is 3.19. The van der Waals surface area contributed by atoms with Crippen LogP contribution in [-0.4, -0.2) is 32.8 Å². The van der Waals surface area contributed by atoms with Crippen LogP contribution in [0.15, 0.2) is 4.52 Å². The van der Waals surface area contributed by atoms with Crippen LogP contribution in [0.5, 0.6) is 0 Å². The van der Waals surface area contributed by atoms with Gasteiger partial charge in [0.25, 0.3) is 0 Å². The Balaban J connectivity index is 1.88. The van der Waals surface area contributed by atoms with E-state index < -0.39 is 17.5 Å². The Labute approximate surface area is 109 Å². The molecule has 2 rings (SSSR count). The van der Waals surface area contributed by atoms with Crippen molar-refractivity contribution in [3.05, 3.63) is 11.7 Å². The average Bonchev–Trinajstić information content (AvgIpc) is 3.11. The minimum absolute atomic E-state index is 0.0110. The number of carboxylic acids is 1. The number of aliphatic carboxylic acids is 1. The molecule has 0 bridgehead atoms. The molecule has 1 aliphatic rings. The molecule has 0 aliphatic heterocycles. The van der Waals surface area contributed by atoms with Crippen LogP contribution >= 0.6 is 0 Å². The molecule has 0 saturated heterocycles. The van der Waals surface area contributed by atoms with Crippen molar-refractivity contribution in [1.29, 1.82) is 0 Å². The van der Waals surface area contributed by atoms with Crippen molar-refractivity contribution in [3.63, 3.8) is 0 Å². The fraction of sp³-hybridized carbons (Fsp3) is 0.636. The maximum absolute atomic E-state index is 11.7. The first kappa shape index (κ1) is 13.3. The molecule has 0 radical (unpaired) electrons. The molecule has 1 fully saturated rings. The summed E-state index contributed by atoms with van der Waals surface area (Å²) in [5.41, 5.74) is -1.22. The molecule has 0 aromatic carbocycles. The lowest BCUT2D eigenvalue weighted by molar-refractivity contribution is -0.144. The van der Waals surface area contributed by atoms with Gasteiger partial charge in [-0.3, -0.25) is 0 Å². The number of hydrogen-bond acceptors (Lipinski definition) is 5. The summed E-state index contributed by atoms with van der Waals surface area (Å²) in [4.78, 5) is 26.9. The topological polar surface area (TPSA) is 117 Å². The molecule has 3 N–H and O–H groups in total. The van der Waals surface area contributed by atoms with Crippen LogP contribution in [0.2, 0.25) is 0 Å². The molecule has 1 heterocycles. The number of urea groups is 1. The number of nitrogens with zero attached hydrogens (tertiary/aromatic N) is 2. The second kappa shape index (κ2) is 4.87. The Morgan fingerprint density at radius 1 is 1.53 bits per heavy atom. The highest BCUT2D eigenvalue weighted by molar-refractivity contribution is 5.86. The minimum Gasteiger partial charge on any atom is -0.480 e. The summed E-state index contributed by atoms with van der Waals surface area (Å²) in [5, 5.41) is 17.8. The number of nitrogens with one attached hydrogen (secondary N) is 2. The first-order valence-corrected chi connectivity index (χ1v) is 6.00. The Hall–Kier alpha value is -2.12. The van der Waals surface area contributed by atoms with E-state index in [1.807, 2.05) is 0 Å². The van der Waals surface area contributed by atoms with Crippen molar-refractivity contribution in [1.82, 2.24) is 20.8 Å². The van der Waals surface area contributed by atoms with Crippen LogP contribution in [0.25, 0.3) is 0 Å². The van der Waals surface area contributed by atoms with Gasteiger partial charge >= 0.3 is 12.0 Å². The molecule has 8 heteroatoms. The van der Waals surface area contributed by atoms with Gasteiger partial charge in [-0.1, -0.05) is 5.16 Å². The molecular formula is C11H16N4O4. The highest BCUT2D eigenvalue weighted by Crippen LogP contribution is 2.39. The van der Waals surface area contributed by atoms with E-state index in [-0.39, 0.29) is 12.5 Å². The van der Waals surface area contributed by atoms with E-state index in [9.17, 15) is 14.7 Å². The van der Waals surface area contributed by atoms with E-state index in [0.717, 1.165) is 12.8 Å². The number of carbonyl (C=O) groups is 2. The lowest BCUT2D eigenvalue weighted by atomic mass is 9.96. The summed E-state index contributed by atoms with van der Waals surface area (Å²) in [6.07, 6.45) is 1.63. The van der Waals surface area contributed by atoms with Gasteiger partial charge < -0.3 is 20.3 Å². The molecule has 1 unspecified atom stereocenters. The van der Waals surface area contributed by atoms with Crippen LogP contribution in [-0.2, 0) is 11.3 Å². The van der Waals surface area contributed by atoms with Crippen molar-refractivity contribution < 1.29 is 19.2 Å². The summed E-state index contributed by atoms with van der Waals surface area (Å²) in [7, 11) is 0. The van der Waals surface area contributed by atoms with Crippen LogP contribution in [0.4, 0.5) is 4.79 Å². The SMILES string of the molecule is Cc1nc(CNC(=O)NC(C)(C(=O)O)C2CC2)no1. The zero-order valence-electron chi connectivity index (χ0n) is 10.8. The summed E-state index contributed by atoms with van der Waals surface area (Å²) in [5.74, 6) is -0.287. The zero-order valence-corrected chi connectivity index (χ0v) is 10.8. The second-order valence-corrected chi connectivity index (χ2v) is 4.82. The van der Waals surface area contributed by atoms with Crippen molar-refractivity contribution in [2.24, 2.45) is 5.92 Å². The Bertz CT molecular complexity index is 497. The van der Waals surface area contributed by atoms with Gasteiger partial charge in [-0.15, -0.1) is 0 Å². The van der Waals surface area contributed by atoms with Crippen molar-refractivity contribution in [3.8, 4) is 0 Å². The van der Waals surface area contributed by atoms with Crippen LogP contribution in [0, 0.1) is 12.8 Å². The molecule has 1 atom stereocenters. The third-order valence-electron chi connectivity index (χ3n) is 3.19. The summed E-state index contributed by atoms with van der Waals surface area (Å²) in [6.45, 7) is 3.25. The lowest BCUT2D eigenvalue weighted by Crippen LogP contribution is -2.56. The van der Waals surface area contributed by atoms with Crippen LogP contribution in [0.3, 0.4) is 0 Å². The Morgan fingerprint density at radius 3 is 2.68 bits per heavy atom. The first-order valence-electron chi connectivity index (χ1n) is 6.00. The molecule has 1 aromatic heterocycles. The smallest absolute Gasteiger partial charge is 0.329 e. The maximum atomic E-state index is 11.7. The quantitative estimate of drug-likeness (QED) is 0.712. The number of rotatable bonds is 5. The van der Waals surface area contributed by atoms with Gasteiger partial charge in [-0.2, -0.15) is 4.98 Å². The normalized spacial score (nSPS) is 17.6. The number of carboxylic acid groups (broad SMARTS) is 1. The van der Waals surface area contributed by atoms with Gasteiger partial charge in [0.1, 0.15) is 5.54 Å². The molecule has 1 aromatic rings. The number of carbonyl (C=O) groups excluding carboxylic acids is 1. The molecule has 8 nitrogen and oxygen atoms in total. The molecule has 19 heavy (non-hydrogen) atoms. The predicted octanol–water partition coefficient (Wildman–Crippen LogP) is 0.431. The van der Waals surface area contributed by atoms with Crippen molar-refractivity contribution >= 4 is 12.0 Å². The van der Waals surface area contributed by atoms with Crippen molar-refractivity contribution in [2.45, 2.75) is 38.8 Å². The number of amides is 2. The number of aromatic nitrogens is 2. The molecule has 104 valence electrons. The lowest BCUT2D eigenvalue weighted by Gasteiger charge is -2.25. The van der Waals surface area contributed by atoms with Gasteiger partial charge in [-0.25, -0.2) is 9.59 Å². The van der Waals surface area contributed by atoms with Gasteiger partial charge in [-0.05, 0) is 25.7 Å². The fourth-order valence-corrected chi connectivity index (χ4v) is 1.84. The highest BCUT2D eigenvalue weighted by atomic mass is 16.5. The van der Waals surface area contributed by atoms with Crippen LogP contribution < -0.4 is 10.6 Å². The van der Waals surface area contributed by atoms with Crippen LogP contribution in [0.1, 0.15) is 31.5 Å². The van der Waals surface area contributed by atoms with Gasteiger partial charge in [0.15, 0.2) is 5.82 Å². The van der Waals surface area contributed by atoms with E-state index in [4.69, 9.17) is 4.52 Å². The molecule has 0 spiro atoms. The van der Waals surface area contributed by atoms with Gasteiger partial charge in [0.05, 0.1) is 6.54 Å². The Morgan fingerprint density at radius 2 is 2.21 bits per heavy atom. The van der Waals surface area contributed by atoms with Crippen molar-refractivity contribution in [2.75, 3.05) is 0 Å². The van der Waals surface area contributed by atoms with Gasteiger partial charge in [0.2, 0.25) is 5.89 Å². The first-order chi connectivity index (χ1) is 8.91. The minimum atomic E-state index is -1.22. The largest absolute Gasteiger partial charge is 0.480 e. The highest BCUT2D eigenvalue weighted by Gasteiger charge is 2.48. The molecule has 1 aliphatic carbocycles. The molecule has 2 amide bonds. The zero-order chi connectivity index (χ0) is 14.0. The van der Waals surface area contributed by atoms with E-state index in [1.54, 1.807) is 6.92 Å².